The van der Waals surface area contributed by atoms with Gasteiger partial charge in [0, 0.05) is 12.5 Å². The van der Waals surface area contributed by atoms with Gasteiger partial charge in [0.2, 0.25) is 5.91 Å². The summed E-state index contributed by atoms with van der Waals surface area (Å²) in [4.78, 5) is 19.1. The van der Waals surface area contributed by atoms with Gasteiger partial charge in [-0.25, -0.2) is 4.98 Å². The van der Waals surface area contributed by atoms with Crippen LogP contribution in [-0.4, -0.2) is 30.1 Å². The van der Waals surface area contributed by atoms with Gasteiger partial charge in [-0.3, -0.25) is 9.69 Å². The Morgan fingerprint density at radius 2 is 2.27 bits per heavy atom. The fraction of sp³-hybridized carbons (Fsp3) is 0.500. The quantitative estimate of drug-likeness (QED) is 0.851. The summed E-state index contributed by atoms with van der Waals surface area (Å²) in [6.45, 7) is 1.40. The van der Waals surface area contributed by atoms with Gasteiger partial charge in [0.05, 0.1) is 22.4 Å². The Morgan fingerprint density at radius 3 is 2.95 bits per heavy atom. The van der Waals surface area contributed by atoms with Crippen LogP contribution in [0, 0.1) is 5.92 Å². The van der Waals surface area contributed by atoms with Crippen molar-refractivity contribution in [2.45, 2.75) is 31.8 Å². The predicted molar refractivity (Wildman–Crippen MR) is 88.7 cm³/mol. The third-order valence-corrected chi connectivity index (χ3v) is 5.54. The van der Waals surface area contributed by atoms with Crippen molar-refractivity contribution in [1.29, 1.82) is 0 Å². The van der Waals surface area contributed by atoms with E-state index in [0.717, 1.165) is 47.6 Å². The van der Waals surface area contributed by atoms with Gasteiger partial charge < -0.3 is 4.74 Å². The lowest BCUT2D eigenvalue weighted by Gasteiger charge is -2.23. The molecule has 2 fully saturated rings. The average molecular weight is 337 g/mol. The molecule has 6 heteroatoms. The zero-order chi connectivity index (χ0) is 15.1. The molecule has 116 valence electrons. The van der Waals surface area contributed by atoms with E-state index < -0.39 is 0 Å². The maximum Gasteiger partial charge on any atom is 0.231 e. The van der Waals surface area contributed by atoms with Gasteiger partial charge >= 0.3 is 0 Å². The standard InChI is InChI=1S/C16H17ClN2O2S/c17-12-4-1-5-13-14(12)18-16(22-13)19(15(20)10-6-7-10)9-11-3-2-8-21-11/h1,4-5,10-11H,2-3,6-9H2. The van der Waals surface area contributed by atoms with Crippen LogP contribution in [0.1, 0.15) is 25.7 Å². The number of hydrogen-bond donors (Lipinski definition) is 0. The normalized spacial score (nSPS) is 21.4. The minimum atomic E-state index is 0.130. The van der Waals surface area contributed by atoms with E-state index in [1.54, 1.807) is 0 Å². The van der Waals surface area contributed by atoms with Gasteiger partial charge in [-0.05, 0) is 37.8 Å². The summed E-state index contributed by atoms with van der Waals surface area (Å²) in [5.74, 6) is 0.356. The van der Waals surface area contributed by atoms with Crippen LogP contribution in [0.2, 0.25) is 5.02 Å². The lowest BCUT2D eigenvalue weighted by Crippen LogP contribution is -2.38. The van der Waals surface area contributed by atoms with Crippen LogP contribution in [-0.2, 0) is 9.53 Å². The Labute approximate surface area is 138 Å². The van der Waals surface area contributed by atoms with Gasteiger partial charge in [-0.15, -0.1) is 0 Å². The number of anilines is 1. The summed E-state index contributed by atoms with van der Waals surface area (Å²) in [5, 5.41) is 1.38. The molecule has 1 amide bonds. The minimum absolute atomic E-state index is 0.130. The summed E-state index contributed by atoms with van der Waals surface area (Å²) in [7, 11) is 0. The molecule has 1 saturated heterocycles. The SMILES string of the molecule is O=C(C1CC1)N(CC1CCCO1)c1nc2c(Cl)cccc2s1. The molecule has 1 aliphatic carbocycles. The largest absolute Gasteiger partial charge is 0.376 e. The number of carbonyl (C=O) groups is 1. The number of thiazole rings is 1. The highest BCUT2D eigenvalue weighted by molar-refractivity contribution is 7.22. The number of para-hydroxylation sites is 1. The lowest BCUT2D eigenvalue weighted by molar-refractivity contribution is -0.120. The van der Waals surface area contributed by atoms with E-state index >= 15 is 0 Å². The predicted octanol–water partition coefficient (Wildman–Crippen LogP) is 3.87. The minimum Gasteiger partial charge on any atom is -0.376 e. The van der Waals surface area contributed by atoms with Crippen molar-refractivity contribution in [3.63, 3.8) is 0 Å². The van der Waals surface area contributed by atoms with Gasteiger partial charge in [0.15, 0.2) is 5.13 Å². The number of fused-ring (bicyclic) bond motifs is 1. The van der Waals surface area contributed by atoms with E-state index in [1.807, 2.05) is 23.1 Å². The van der Waals surface area contributed by atoms with Crippen LogP contribution in [0.25, 0.3) is 10.2 Å². The summed E-state index contributed by atoms with van der Waals surface area (Å²) in [6.07, 6.45) is 4.20. The van der Waals surface area contributed by atoms with Crippen LogP contribution in [0.4, 0.5) is 5.13 Å². The lowest BCUT2D eigenvalue weighted by atomic mass is 10.2. The second kappa shape index (κ2) is 5.80. The van der Waals surface area contributed by atoms with E-state index in [1.165, 1.54) is 11.3 Å². The average Bonchev–Trinajstić information content (AvgIpc) is 3.06. The van der Waals surface area contributed by atoms with Gasteiger partial charge in [-0.2, -0.15) is 0 Å². The van der Waals surface area contributed by atoms with Gasteiger partial charge in [-0.1, -0.05) is 29.0 Å². The summed E-state index contributed by atoms with van der Waals surface area (Å²) in [6, 6.07) is 5.74. The number of amides is 1. The molecule has 1 aliphatic heterocycles. The number of hydrogen-bond acceptors (Lipinski definition) is 4. The molecule has 4 nitrogen and oxygen atoms in total. The van der Waals surface area contributed by atoms with E-state index in [0.29, 0.717) is 11.6 Å². The Morgan fingerprint density at radius 1 is 1.41 bits per heavy atom. The Bertz CT molecular complexity index is 707. The molecule has 0 radical (unpaired) electrons. The molecule has 1 aromatic carbocycles. The smallest absolute Gasteiger partial charge is 0.231 e. The summed E-state index contributed by atoms with van der Waals surface area (Å²) >= 11 is 7.75. The third-order valence-electron chi connectivity index (χ3n) is 4.19. The molecule has 1 saturated carbocycles. The molecule has 1 aromatic heterocycles. The van der Waals surface area contributed by atoms with E-state index in [-0.39, 0.29) is 17.9 Å². The van der Waals surface area contributed by atoms with Crippen LogP contribution in [0.15, 0.2) is 18.2 Å². The maximum atomic E-state index is 12.7. The molecule has 0 bridgehead atoms. The maximum absolute atomic E-state index is 12.7. The van der Waals surface area contributed by atoms with Crippen LogP contribution >= 0.6 is 22.9 Å². The number of rotatable bonds is 4. The zero-order valence-corrected chi connectivity index (χ0v) is 13.7. The Balaban J connectivity index is 1.67. The highest BCUT2D eigenvalue weighted by Gasteiger charge is 2.36. The zero-order valence-electron chi connectivity index (χ0n) is 12.1. The van der Waals surface area contributed by atoms with Gasteiger partial charge in [0.25, 0.3) is 0 Å². The first-order valence-corrected chi connectivity index (χ1v) is 8.90. The molecule has 1 unspecified atom stereocenters. The Hall–Kier alpha value is -1.17. The van der Waals surface area contributed by atoms with E-state index in [9.17, 15) is 4.79 Å². The molecule has 2 heterocycles. The molecule has 1 atom stereocenters. The molecular formula is C16H17ClN2O2S. The summed E-state index contributed by atoms with van der Waals surface area (Å²) < 4.78 is 6.73. The molecule has 0 spiro atoms. The highest BCUT2D eigenvalue weighted by Crippen LogP contribution is 2.37. The fourth-order valence-corrected chi connectivity index (χ4v) is 4.10. The van der Waals surface area contributed by atoms with Crippen LogP contribution < -0.4 is 4.90 Å². The molecule has 4 rings (SSSR count). The van der Waals surface area contributed by atoms with Crippen LogP contribution in [0.3, 0.4) is 0 Å². The molecule has 22 heavy (non-hydrogen) atoms. The Kier molecular flexibility index (Phi) is 3.80. The van der Waals surface area contributed by atoms with Crippen molar-refractivity contribution >= 4 is 44.2 Å². The molecular weight excluding hydrogens is 320 g/mol. The van der Waals surface area contributed by atoms with E-state index in [2.05, 4.69) is 4.98 Å². The fourth-order valence-electron chi connectivity index (χ4n) is 2.82. The first kappa shape index (κ1) is 14.4. The van der Waals surface area contributed by atoms with Crippen molar-refractivity contribution in [2.24, 2.45) is 5.92 Å². The number of carbonyl (C=O) groups excluding carboxylic acids is 1. The molecule has 0 N–H and O–H groups in total. The number of benzene rings is 1. The monoisotopic (exact) mass is 336 g/mol. The highest BCUT2D eigenvalue weighted by atomic mass is 35.5. The number of aromatic nitrogens is 1. The number of ether oxygens (including phenoxy) is 1. The van der Waals surface area contributed by atoms with Gasteiger partial charge in [0.1, 0.15) is 5.52 Å². The number of halogens is 1. The van der Waals surface area contributed by atoms with Crippen molar-refractivity contribution in [3.05, 3.63) is 23.2 Å². The topological polar surface area (TPSA) is 42.4 Å². The second-order valence-electron chi connectivity index (χ2n) is 5.94. The number of nitrogens with zero attached hydrogens (tertiary/aromatic N) is 2. The van der Waals surface area contributed by atoms with E-state index in [4.69, 9.17) is 16.3 Å². The van der Waals surface area contributed by atoms with Crippen molar-refractivity contribution < 1.29 is 9.53 Å². The first-order chi connectivity index (χ1) is 10.7. The molecule has 2 aliphatic rings. The van der Waals surface area contributed by atoms with Crippen molar-refractivity contribution in [2.75, 3.05) is 18.1 Å². The second-order valence-corrected chi connectivity index (χ2v) is 7.36. The summed E-state index contributed by atoms with van der Waals surface area (Å²) in [5.41, 5.74) is 0.783. The molecule has 2 aromatic rings. The van der Waals surface area contributed by atoms with Crippen molar-refractivity contribution in [3.8, 4) is 0 Å². The third kappa shape index (κ3) is 2.73. The first-order valence-electron chi connectivity index (χ1n) is 7.70. The van der Waals surface area contributed by atoms with Crippen molar-refractivity contribution in [1.82, 2.24) is 4.98 Å². The van der Waals surface area contributed by atoms with Crippen LogP contribution in [0.5, 0.6) is 0 Å².